The van der Waals surface area contributed by atoms with Crippen LogP contribution in [0.25, 0.3) is 5.69 Å². The fourth-order valence-corrected chi connectivity index (χ4v) is 3.74. The molecule has 9 nitrogen and oxygen atoms in total. The number of amides is 2. The Hall–Kier alpha value is -3.33. The van der Waals surface area contributed by atoms with Crippen molar-refractivity contribution in [3.63, 3.8) is 0 Å². The Labute approximate surface area is 153 Å². The predicted molar refractivity (Wildman–Crippen MR) is 88.1 cm³/mol. The lowest BCUT2D eigenvalue weighted by Crippen LogP contribution is -2.36. The first-order valence-electron chi connectivity index (χ1n) is 8.48. The van der Waals surface area contributed by atoms with E-state index in [0.717, 1.165) is 0 Å². The molecule has 0 saturated carbocycles. The van der Waals surface area contributed by atoms with E-state index in [1.807, 2.05) is 18.2 Å². The molecule has 2 saturated heterocycles. The van der Waals surface area contributed by atoms with Gasteiger partial charge in [-0.25, -0.2) is 4.79 Å². The molecule has 0 unspecified atom stereocenters. The zero-order valence-corrected chi connectivity index (χ0v) is 14.2. The number of rotatable bonds is 3. The van der Waals surface area contributed by atoms with Crippen molar-refractivity contribution in [1.82, 2.24) is 20.1 Å². The molecule has 0 spiro atoms. The summed E-state index contributed by atoms with van der Waals surface area (Å²) in [6, 6.07) is 9.05. The molecule has 4 atom stereocenters. The summed E-state index contributed by atoms with van der Waals surface area (Å²) < 4.78 is 5.54. The SMILES string of the molecule is Cc1nn(-c2ccccc2)nc1C(=O)ON1C(=O)[C@@H]2[C@H](C1=O)[C@H]1C=C[C@@H]2O1. The number of hydroxylamine groups is 2. The zero-order valence-electron chi connectivity index (χ0n) is 14.2. The van der Waals surface area contributed by atoms with Gasteiger partial charge in [0.05, 0.1) is 35.4 Å². The first kappa shape index (κ1) is 15.9. The highest BCUT2D eigenvalue weighted by Gasteiger charge is 2.62. The molecule has 1 aromatic heterocycles. The molecule has 5 rings (SSSR count). The van der Waals surface area contributed by atoms with Crippen molar-refractivity contribution < 1.29 is 24.0 Å². The molecular weight excluding hydrogens is 352 g/mol. The van der Waals surface area contributed by atoms with Crippen LogP contribution < -0.4 is 0 Å². The van der Waals surface area contributed by atoms with Crippen LogP contribution in [0.4, 0.5) is 0 Å². The average Bonchev–Trinajstić information content (AvgIpc) is 3.43. The lowest BCUT2D eigenvalue weighted by molar-refractivity contribution is -0.177. The van der Waals surface area contributed by atoms with Crippen LogP contribution in [0, 0.1) is 18.8 Å². The van der Waals surface area contributed by atoms with Crippen molar-refractivity contribution in [3.05, 3.63) is 53.9 Å². The molecule has 1 aromatic carbocycles. The molecule has 0 aliphatic carbocycles. The van der Waals surface area contributed by atoms with E-state index in [2.05, 4.69) is 10.2 Å². The predicted octanol–water partition coefficient (Wildman–Crippen LogP) is 0.586. The Kier molecular flexibility index (Phi) is 3.28. The number of hydrogen-bond donors (Lipinski definition) is 0. The van der Waals surface area contributed by atoms with Crippen LogP contribution in [0.2, 0.25) is 0 Å². The van der Waals surface area contributed by atoms with Crippen molar-refractivity contribution in [2.75, 3.05) is 0 Å². The van der Waals surface area contributed by atoms with Crippen LogP contribution in [0.5, 0.6) is 0 Å². The Morgan fingerprint density at radius 2 is 1.67 bits per heavy atom. The van der Waals surface area contributed by atoms with Crippen LogP contribution in [0.3, 0.4) is 0 Å². The fraction of sp³-hybridized carbons (Fsp3) is 0.278. The quantitative estimate of drug-likeness (QED) is 0.578. The highest BCUT2D eigenvalue weighted by atomic mass is 16.7. The van der Waals surface area contributed by atoms with Crippen molar-refractivity contribution in [2.24, 2.45) is 11.8 Å². The highest BCUT2D eigenvalue weighted by molar-refractivity contribution is 6.07. The van der Waals surface area contributed by atoms with Crippen LogP contribution in [-0.4, -0.2) is 50.0 Å². The molecule has 27 heavy (non-hydrogen) atoms. The monoisotopic (exact) mass is 366 g/mol. The summed E-state index contributed by atoms with van der Waals surface area (Å²) in [5.41, 5.74) is 0.935. The summed E-state index contributed by atoms with van der Waals surface area (Å²) in [7, 11) is 0. The molecule has 9 heteroatoms. The highest BCUT2D eigenvalue weighted by Crippen LogP contribution is 2.45. The van der Waals surface area contributed by atoms with Crippen molar-refractivity contribution in [3.8, 4) is 5.69 Å². The minimum atomic E-state index is -0.905. The smallest absolute Gasteiger partial charge is 0.365 e. The Morgan fingerprint density at radius 3 is 2.30 bits per heavy atom. The normalized spacial score (nSPS) is 28.1. The van der Waals surface area contributed by atoms with Gasteiger partial charge in [0.2, 0.25) is 0 Å². The second kappa shape index (κ2) is 5.58. The van der Waals surface area contributed by atoms with Crippen molar-refractivity contribution >= 4 is 17.8 Å². The Morgan fingerprint density at radius 1 is 1.04 bits per heavy atom. The van der Waals surface area contributed by atoms with E-state index in [1.165, 1.54) is 4.80 Å². The molecule has 2 fully saturated rings. The van der Waals surface area contributed by atoms with E-state index in [0.29, 0.717) is 16.4 Å². The molecule has 2 amide bonds. The number of hydrogen-bond acceptors (Lipinski definition) is 7. The number of ether oxygens (including phenoxy) is 1. The van der Waals surface area contributed by atoms with Crippen LogP contribution in [-0.2, 0) is 19.2 Å². The van der Waals surface area contributed by atoms with E-state index in [9.17, 15) is 14.4 Å². The number of aryl methyl sites for hydroxylation is 1. The maximum absolute atomic E-state index is 12.5. The fourth-order valence-electron chi connectivity index (χ4n) is 3.74. The lowest BCUT2D eigenvalue weighted by Gasteiger charge is -2.15. The number of fused-ring (bicyclic) bond motifs is 5. The van der Waals surface area contributed by atoms with Gasteiger partial charge in [-0.2, -0.15) is 9.90 Å². The van der Waals surface area contributed by atoms with E-state index in [-0.39, 0.29) is 5.69 Å². The van der Waals surface area contributed by atoms with Gasteiger partial charge >= 0.3 is 5.97 Å². The van der Waals surface area contributed by atoms with Crippen molar-refractivity contribution in [1.29, 1.82) is 0 Å². The van der Waals surface area contributed by atoms with Crippen molar-refractivity contribution in [2.45, 2.75) is 19.1 Å². The number of carbonyl (C=O) groups is 3. The van der Waals surface area contributed by atoms with E-state index >= 15 is 0 Å². The molecule has 2 aromatic rings. The third-order valence-corrected chi connectivity index (χ3v) is 5.01. The summed E-state index contributed by atoms with van der Waals surface area (Å²) in [5, 5.41) is 8.87. The van der Waals surface area contributed by atoms with Gasteiger partial charge in [0, 0.05) is 0 Å². The van der Waals surface area contributed by atoms with Crippen LogP contribution >= 0.6 is 0 Å². The maximum atomic E-state index is 12.5. The number of benzene rings is 1. The number of nitrogens with zero attached hydrogens (tertiary/aromatic N) is 4. The summed E-state index contributed by atoms with van der Waals surface area (Å²) >= 11 is 0. The van der Waals surface area contributed by atoms with E-state index < -0.39 is 41.8 Å². The molecule has 136 valence electrons. The second-order valence-electron chi connectivity index (χ2n) is 6.61. The zero-order chi connectivity index (χ0) is 18.7. The average molecular weight is 366 g/mol. The first-order valence-corrected chi connectivity index (χ1v) is 8.48. The van der Waals surface area contributed by atoms with Crippen LogP contribution in [0.1, 0.15) is 16.2 Å². The lowest BCUT2D eigenvalue weighted by atomic mass is 9.85. The maximum Gasteiger partial charge on any atom is 0.385 e. The first-order chi connectivity index (χ1) is 13.0. The van der Waals surface area contributed by atoms with Gasteiger partial charge in [-0.05, 0) is 19.1 Å². The number of aromatic nitrogens is 3. The van der Waals surface area contributed by atoms with Crippen LogP contribution in [0.15, 0.2) is 42.5 Å². The third-order valence-electron chi connectivity index (χ3n) is 5.01. The van der Waals surface area contributed by atoms with Gasteiger partial charge in [-0.3, -0.25) is 9.59 Å². The summed E-state index contributed by atoms with van der Waals surface area (Å²) in [6.45, 7) is 1.60. The standard InChI is InChI=1S/C18H14N4O5/c1-9-15(20-22(19-9)10-5-3-2-4-6-10)18(25)27-21-16(23)13-11-7-8-12(26-11)14(13)17(21)24/h2-8,11-14H,1H3/t11-,12+,13-,14+. The number of imide groups is 1. The number of para-hydroxylation sites is 1. The molecule has 4 heterocycles. The Balaban J connectivity index is 1.38. The molecule has 3 aliphatic heterocycles. The second-order valence-corrected chi connectivity index (χ2v) is 6.61. The minimum absolute atomic E-state index is 0.0612. The molecule has 2 bridgehead atoms. The molecular formula is C18H14N4O5. The van der Waals surface area contributed by atoms with Gasteiger partial charge in [0.15, 0.2) is 5.69 Å². The van der Waals surface area contributed by atoms with Gasteiger partial charge < -0.3 is 9.57 Å². The molecule has 0 radical (unpaired) electrons. The van der Waals surface area contributed by atoms with Gasteiger partial charge in [-0.1, -0.05) is 30.4 Å². The van der Waals surface area contributed by atoms with E-state index in [1.54, 1.807) is 31.2 Å². The summed E-state index contributed by atoms with van der Waals surface area (Å²) in [6.07, 6.45) is 2.64. The van der Waals surface area contributed by atoms with E-state index in [4.69, 9.17) is 9.57 Å². The minimum Gasteiger partial charge on any atom is -0.365 e. The van der Waals surface area contributed by atoms with Gasteiger partial charge in [0.1, 0.15) is 0 Å². The largest absolute Gasteiger partial charge is 0.385 e. The Bertz CT molecular complexity index is 968. The summed E-state index contributed by atoms with van der Waals surface area (Å²) in [4.78, 5) is 44.0. The number of carbonyl (C=O) groups excluding carboxylic acids is 3. The van der Waals surface area contributed by atoms with Gasteiger partial charge in [-0.15, -0.1) is 10.2 Å². The topological polar surface area (TPSA) is 104 Å². The third kappa shape index (κ3) is 2.25. The van der Waals surface area contributed by atoms with Gasteiger partial charge in [0.25, 0.3) is 11.8 Å². The summed E-state index contributed by atoms with van der Waals surface area (Å²) in [5.74, 6) is -3.31. The molecule has 0 N–H and O–H groups in total. The molecule has 3 aliphatic rings.